The highest BCUT2D eigenvalue weighted by molar-refractivity contribution is 6.30. The monoisotopic (exact) mass is 346 g/mol. The highest BCUT2D eigenvalue weighted by Gasteiger charge is 2.20. The Morgan fingerprint density at radius 1 is 1.29 bits per heavy atom. The Labute approximate surface area is 149 Å². The summed E-state index contributed by atoms with van der Waals surface area (Å²) in [6.07, 6.45) is 2.59. The summed E-state index contributed by atoms with van der Waals surface area (Å²) in [4.78, 5) is 2.58. The van der Waals surface area contributed by atoms with E-state index in [1.807, 2.05) is 14.0 Å². The maximum atomic E-state index is 6.30. The Morgan fingerprint density at radius 3 is 2.79 bits per heavy atom. The molecule has 1 aliphatic rings. The minimum Gasteiger partial charge on any atom is -0.312 e. The molecule has 24 heavy (non-hydrogen) atoms. The van der Waals surface area contributed by atoms with Gasteiger partial charge in [0.25, 0.3) is 0 Å². The minimum atomic E-state index is 0.707. The maximum absolute atomic E-state index is 6.30. The molecule has 1 N–H and O–H groups in total. The molecule has 1 aromatic heterocycles. The molecule has 3 rings (SSSR count). The molecule has 0 unspecified atom stereocenters. The minimum absolute atomic E-state index is 0.707. The van der Waals surface area contributed by atoms with E-state index in [0.29, 0.717) is 5.92 Å². The van der Waals surface area contributed by atoms with Crippen LogP contribution < -0.4 is 5.32 Å². The Hall–Kier alpha value is -1.36. The van der Waals surface area contributed by atoms with E-state index in [0.717, 1.165) is 36.0 Å². The summed E-state index contributed by atoms with van der Waals surface area (Å²) in [5.74, 6) is 0.707. The van der Waals surface area contributed by atoms with Gasteiger partial charge in [0.05, 0.1) is 5.69 Å². The second-order valence-electron chi connectivity index (χ2n) is 6.84. The first-order valence-corrected chi connectivity index (χ1v) is 9.16. The molecule has 0 bridgehead atoms. The third-order valence-electron chi connectivity index (χ3n) is 4.86. The molecule has 1 saturated heterocycles. The molecular formula is C19H27ClN4. The number of aromatic nitrogens is 2. The lowest BCUT2D eigenvalue weighted by Crippen LogP contribution is -2.39. The van der Waals surface area contributed by atoms with E-state index in [-0.39, 0.29) is 0 Å². The van der Waals surface area contributed by atoms with E-state index in [1.54, 1.807) is 4.68 Å². The first-order chi connectivity index (χ1) is 11.6. The van der Waals surface area contributed by atoms with Gasteiger partial charge in [0.15, 0.2) is 0 Å². The van der Waals surface area contributed by atoms with Crippen molar-refractivity contribution in [2.75, 3.05) is 19.6 Å². The van der Waals surface area contributed by atoms with Gasteiger partial charge in [-0.3, -0.25) is 9.58 Å². The SMILES string of the molecule is Cc1nn(C)c(Cl)c1CNC[C@H]1CCCN(Cc2ccccc2)C1. The predicted molar refractivity (Wildman–Crippen MR) is 99.1 cm³/mol. The fourth-order valence-corrected chi connectivity index (χ4v) is 3.82. The van der Waals surface area contributed by atoms with Crippen molar-refractivity contribution in [2.45, 2.75) is 32.9 Å². The number of rotatable bonds is 6. The van der Waals surface area contributed by atoms with Crippen LogP contribution in [0.4, 0.5) is 0 Å². The molecular weight excluding hydrogens is 320 g/mol. The van der Waals surface area contributed by atoms with Gasteiger partial charge in [0.1, 0.15) is 5.15 Å². The molecule has 1 aromatic carbocycles. The summed E-state index contributed by atoms with van der Waals surface area (Å²) in [5, 5.41) is 8.70. The van der Waals surface area contributed by atoms with Crippen LogP contribution in [0.2, 0.25) is 5.15 Å². The van der Waals surface area contributed by atoms with Crippen molar-refractivity contribution in [3.63, 3.8) is 0 Å². The summed E-state index contributed by atoms with van der Waals surface area (Å²) < 4.78 is 1.75. The van der Waals surface area contributed by atoms with Crippen molar-refractivity contribution in [2.24, 2.45) is 13.0 Å². The molecule has 4 nitrogen and oxygen atoms in total. The van der Waals surface area contributed by atoms with Gasteiger partial charge in [0.2, 0.25) is 0 Å². The highest BCUT2D eigenvalue weighted by Crippen LogP contribution is 2.20. The average molecular weight is 347 g/mol. The number of nitrogens with zero attached hydrogens (tertiary/aromatic N) is 3. The van der Waals surface area contributed by atoms with Crippen LogP contribution in [0.1, 0.15) is 29.7 Å². The van der Waals surface area contributed by atoms with Crippen molar-refractivity contribution >= 4 is 11.6 Å². The first kappa shape index (κ1) is 17.5. The quantitative estimate of drug-likeness (QED) is 0.870. The molecule has 0 spiro atoms. The topological polar surface area (TPSA) is 33.1 Å². The summed E-state index contributed by atoms with van der Waals surface area (Å²) in [6.45, 7) is 7.29. The van der Waals surface area contributed by atoms with Gasteiger partial charge in [-0.1, -0.05) is 41.9 Å². The van der Waals surface area contributed by atoms with Crippen LogP contribution in [0.15, 0.2) is 30.3 Å². The lowest BCUT2D eigenvalue weighted by Gasteiger charge is -2.33. The fourth-order valence-electron chi connectivity index (χ4n) is 3.58. The molecule has 1 fully saturated rings. The number of benzene rings is 1. The highest BCUT2D eigenvalue weighted by atomic mass is 35.5. The van der Waals surface area contributed by atoms with Gasteiger partial charge in [-0.25, -0.2) is 0 Å². The van der Waals surface area contributed by atoms with Gasteiger partial charge in [-0.05, 0) is 44.3 Å². The van der Waals surface area contributed by atoms with Gasteiger partial charge in [-0.2, -0.15) is 5.10 Å². The molecule has 2 aromatic rings. The van der Waals surface area contributed by atoms with Crippen LogP contribution in [-0.4, -0.2) is 34.3 Å². The molecule has 1 atom stereocenters. The van der Waals surface area contributed by atoms with E-state index >= 15 is 0 Å². The molecule has 2 heterocycles. The number of hydrogen-bond donors (Lipinski definition) is 1. The fraction of sp³-hybridized carbons (Fsp3) is 0.526. The zero-order chi connectivity index (χ0) is 16.9. The van der Waals surface area contributed by atoms with Crippen LogP contribution in [0.25, 0.3) is 0 Å². The predicted octanol–water partition coefficient (Wildman–Crippen LogP) is 3.38. The molecule has 130 valence electrons. The zero-order valence-electron chi connectivity index (χ0n) is 14.6. The van der Waals surface area contributed by atoms with Gasteiger partial charge < -0.3 is 5.32 Å². The summed E-state index contributed by atoms with van der Waals surface area (Å²) in [7, 11) is 1.89. The van der Waals surface area contributed by atoms with Crippen molar-refractivity contribution in [3.05, 3.63) is 52.3 Å². The summed E-state index contributed by atoms with van der Waals surface area (Å²) >= 11 is 6.30. The molecule has 0 amide bonds. The molecule has 0 radical (unpaired) electrons. The van der Waals surface area contributed by atoms with E-state index in [9.17, 15) is 0 Å². The molecule has 1 aliphatic heterocycles. The summed E-state index contributed by atoms with van der Waals surface area (Å²) in [5.41, 5.74) is 3.55. The Morgan fingerprint density at radius 2 is 2.08 bits per heavy atom. The average Bonchev–Trinajstić information content (AvgIpc) is 2.82. The standard InChI is InChI=1S/C19H27ClN4/c1-15-18(19(20)23(2)22-15)12-21-11-17-9-6-10-24(14-17)13-16-7-4-3-5-8-16/h3-5,7-8,17,21H,6,9-14H2,1-2H3/t17-/m1/s1. The van der Waals surface area contributed by atoms with E-state index < -0.39 is 0 Å². The third kappa shape index (κ3) is 4.38. The van der Waals surface area contributed by atoms with Crippen LogP contribution in [0, 0.1) is 12.8 Å². The summed E-state index contributed by atoms with van der Waals surface area (Å²) in [6, 6.07) is 10.8. The Balaban J connectivity index is 1.47. The number of hydrogen-bond acceptors (Lipinski definition) is 3. The molecule has 0 aliphatic carbocycles. The lowest BCUT2D eigenvalue weighted by molar-refractivity contribution is 0.165. The largest absolute Gasteiger partial charge is 0.312 e. The van der Waals surface area contributed by atoms with Crippen LogP contribution in [0.5, 0.6) is 0 Å². The second kappa shape index (κ2) is 8.15. The van der Waals surface area contributed by atoms with E-state index in [4.69, 9.17) is 11.6 Å². The Bertz CT molecular complexity index is 653. The lowest BCUT2D eigenvalue weighted by atomic mass is 9.97. The number of nitrogens with one attached hydrogen (secondary N) is 1. The number of aryl methyl sites for hydroxylation is 2. The van der Waals surface area contributed by atoms with Crippen molar-refractivity contribution in [1.29, 1.82) is 0 Å². The number of halogens is 1. The first-order valence-electron chi connectivity index (χ1n) is 8.78. The van der Waals surface area contributed by atoms with Crippen molar-refractivity contribution in [3.8, 4) is 0 Å². The maximum Gasteiger partial charge on any atom is 0.131 e. The van der Waals surface area contributed by atoms with Crippen molar-refractivity contribution < 1.29 is 0 Å². The van der Waals surface area contributed by atoms with Crippen LogP contribution in [-0.2, 0) is 20.1 Å². The molecule has 0 saturated carbocycles. The van der Waals surface area contributed by atoms with Gasteiger partial charge in [0, 0.05) is 32.2 Å². The van der Waals surface area contributed by atoms with Gasteiger partial charge >= 0.3 is 0 Å². The van der Waals surface area contributed by atoms with Crippen LogP contribution >= 0.6 is 11.6 Å². The molecule has 5 heteroatoms. The number of likely N-dealkylation sites (tertiary alicyclic amines) is 1. The van der Waals surface area contributed by atoms with Crippen LogP contribution in [0.3, 0.4) is 0 Å². The number of piperidine rings is 1. The van der Waals surface area contributed by atoms with Crippen molar-refractivity contribution in [1.82, 2.24) is 20.0 Å². The van der Waals surface area contributed by atoms with E-state index in [1.165, 1.54) is 31.5 Å². The Kier molecular flexibility index (Phi) is 5.93. The van der Waals surface area contributed by atoms with Gasteiger partial charge in [-0.15, -0.1) is 0 Å². The second-order valence-corrected chi connectivity index (χ2v) is 7.20. The smallest absolute Gasteiger partial charge is 0.131 e. The third-order valence-corrected chi connectivity index (χ3v) is 5.33. The normalized spacial score (nSPS) is 18.9. The zero-order valence-corrected chi connectivity index (χ0v) is 15.4. The van der Waals surface area contributed by atoms with E-state index in [2.05, 4.69) is 45.6 Å².